The summed E-state index contributed by atoms with van der Waals surface area (Å²) in [5, 5.41) is 12.5. The molecule has 0 radical (unpaired) electrons. The van der Waals surface area contributed by atoms with Gasteiger partial charge in [-0.1, -0.05) is 160 Å². The Morgan fingerprint density at radius 2 is 1.02 bits per heavy atom. The number of aliphatic carboxylic acids is 1. The predicted octanol–water partition coefficient (Wildman–Crippen LogP) is 12.1. The van der Waals surface area contributed by atoms with Crippen molar-refractivity contribution in [1.82, 2.24) is 10.2 Å². The lowest BCUT2D eigenvalue weighted by molar-refractivity contribution is -0.137. The highest BCUT2D eigenvalue weighted by Gasteiger charge is 2.26. The SMILES string of the molecule is CCCCCCCC/C=C\CCCCCCCCC1CNC(C(=O)N(CCCCCCCC/C=C\CCCCCCCC)CCC(=O)O)=N1. The van der Waals surface area contributed by atoms with Gasteiger partial charge in [0.2, 0.25) is 0 Å². The van der Waals surface area contributed by atoms with E-state index in [0.29, 0.717) is 18.9 Å². The largest absolute Gasteiger partial charge is 0.481 e. The van der Waals surface area contributed by atoms with Crippen LogP contribution < -0.4 is 5.32 Å². The molecule has 1 unspecified atom stereocenters. The van der Waals surface area contributed by atoms with Gasteiger partial charge in [0.1, 0.15) is 0 Å². The fraction of sp³-hybridized carbons (Fsp3) is 0.837. The molecule has 0 aromatic rings. The number of hydrogen-bond donors (Lipinski definition) is 2. The molecular formula is C43H79N3O3. The van der Waals surface area contributed by atoms with Crippen LogP contribution in [0.2, 0.25) is 0 Å². The summed E-state index contributed by atoms with van der Waals surface area (Å²) >= 11 is 0. The molecule has 6 nitrogen and oxygen atoms in total. The van der Waals surface area contributed by atoms with Gasteiger partial charge in [0.25, 0.3) is 5.91 Å². The van der Waals surface area contributed by atoms with Gasteiger partial charge < -0.3 is 15.3 Å². The van der Waals surface area contributed by atoms with E-state index in [1.165, 1.54) is 161 Å². The molecular weight excluding hydrogens is 606 g/mol. The monoisotopic (exact) mass is 686 g/mol. The van der Waals surface area contributed by atoms with E-state index in [0.717, 1.165) is 25.7 Å². The van der Waals surface area contributed by atoms with Gasteiger partial charge in [0.05, 0.1) is 12.5 Å². The van der Waals surface area contributed by atoms with Crippen molar-refractivity contribution in [2.75, 3.05) is 19.6 Å². The van der Waals surface area contributed by atoms with E-state index >= 15 is 0 Å². The summed E-state index contributed by atoms with van der Waals surface area (Å²) < 4.78 is 0. The fourth-order valence-corrected chi connectivity index (χ4v) is 6.66. The maximum atomic E-state index is 13.2. The number of rotatable bonds is 36. The van der Waals surface area contributed by atoms with Gasteiger partial charge in [-0.15, -0.1) is 0 Å². The topological polar surface area (TPSA) is 82.0 Å². The van der Waals surface area contributed by atoms with Gasteiger partial charge in [0.15, 0.2) is 5.84 Å². The number of carbonyl (C=O) groups excluding carboxylic acids is 1. The van der Waals surface area contributed by atoms with Crippen molar-refractivity contribution in [1.29, 1.82) is 0 Å². The number of carboxylic acid groups (broad SMARTS) is 1. The molecule has 0 aliphatic carbocycles. The summed E-state index contributed by atoms with van der Waals surface area (Å²) in [6.45, 7) is 6.11. The molecule has 1 amide bonds. The molecule has 49 heavy (non-hydrogen) atoms. The summed E-state index contributed by atoms with van der Waals surface area (Å²) in [6.07, 6.45) is 46.2. The Bertz CT molecular complexity index is 868. The van der Waals surface area contributed by atoms with Crippen molar-refractivity contribution in [2.45, 2.75) is 213 Å². The highest BCUT2D eigenvalue weighted by molar-refractivity contribution is 6.38. The minimum absolute atomic E-state index is 0.0235. The standard InChI is InChI=1S/C43H79N3O3/c1-3-5-7-9-11-13-15-17-19-21-23-25-27-29-31-33-35-40-39-44-42(45-40)43(49)46(38-36-41(47)48)37-34-32-30-28-26-24-22-20-18-16-14-12-10-8-6-4-2/h17-20,40H,3-16,21-39H2,1-2H3,(H,44,45)(H,47,48)/b19-17-,20-18-. The zero-order valence-electron chi connectivity index (χ0n) is 32.4. The van der Waals surface area contributed by atoms with E-state index < -0.39 is 5.97 Å². The molecule has 0 saturated carbocycles. The van der Waals surface area contributed by atoms with Crippen LogP contribution in [0.25, 0.3) is 0 Å². The van der Waals surface area contributed by atoms with Gasteiger partial charge in [-0.25, -0.2) is 0 Å². The third-order valence-corrected chi connectivity index (χ3v) is 9.89. The van der Waals surface area contributed by atoms with Crippen LogP contribution in [0.5, 0.6) is 0 Å². The second-order valence-corrected chi connectivity index (χ2v) is 14.6. The molecule has 6 heteroatoms. The molecule has 1 rings (SSSR count). The van der Waals surface area contributed by atoms with Crippen LogP contribution in [0.4, 0.5) is 0 Å². The summed E-state index contributed by atoms with van der Waals surface area (Å²) in [5.74, 6) is -0.556. The highest BCUT2D eigenvalue weighted by Crippen LogP contribution is 2.15. The van der Waals surface area contributed by atoms with Crippen molar-refractivity contribution in [3.8, 4) is 0 Å². The quantitative estimate of drug-likeness (QED) is 0.0508. The zero-order valence-corrected chi connectivity index (χ0v) is 32.4. The molecule has 2 N–H and O–H groups in total. The Morgan fingerprint density at radius 3 is 1.47 bits per heavy atom. The molecule has 1 aliphatic heterocycles. The highest BCUT2D eigenvalue weighted by atomic mass is 16.4. The number of hydrogen-bond acceptors (Lipinski definition) is 4. The molecule has 0 aromatic carbocycles. The summed E-state index contributed by atoms with van der Waals surface area (Å²) in [4.78, 5) is 30.9. The Hall–Kier alpha value is -2.11. The number of carboxylic acids is 1. The Labute approximate surface area is 303 Å². The Morgan fingerprint density at radius 1 is 0.612 bits per heavy atom. The Kier molecular flexibility index (Phi) is 31.5. The van der Waals surface area contributed by atoms with Crippen molar-refractivity contribution in [3.63, 3.8) is 0 Å². The van der Waals surface area contributed by atoms with Gasteiger partial charge >= 0.3 is 5.97 Å². The number of unbranched alkanes of at least 4 members (excludes halogenated alkanes) is 24. The maximum Gasteiger partial charge on any atom is 0.305 e. The molecule has 1 aliphatic rings. The normalized spacial score (nSPS) is 14.6. The van der Waals surface area contributed by atoms with Crippen LogP contribution in [0.3, 0.4) is 0 Å². The first-order valence-corrected chi connectivity index (χ1v) is 21.2. The fourth-order valence-electron chi connectivity index (χ4n) is 6.66. The van der Waals surface area contributed by atoms with E-state index in [2.05, 4.69) is 43.5 Å². The van der Waals surface area contributed by atoms with Gasteiger partial charge in [0, 0.05) is 19.6 Å². The van der Waals surface area contributed by atoms with Crippen LogP contribution >= 0.6 is 0 Å². The number of nitrogens with zero attached hydrogens (tertiary/aromatic N) is 2. The second kappa shape index (κ2) is 34.3. The average molecular weight is 686 g/mol. The van der Waals surface area contributed by atoms with Crippen LogP contribution in [-0.4, -0.2) is 53.4 Å². The first kappa shape index (κ1) is 44.9. The summed E-state index contributed by atoms with van der Waals surface area (Å²) in [6, 6.07) is 0.155. The van der Waals surface area contributed by atoms with Crippen LogP contribution in [0.1, 0.15) is 206 Å². The molecule has 0 spiro atoms. The minimum Gasteiger partial charge on any atom is -0.481 e. The summed E-state index contributed by atoms with van der Waals surface area (Å²) in [7, 11) is 0. The van der Waals surface area contributed by atoms with Crippen molar-refractivity contribution in [2.24, 2.45) is 4.99 Å². The number of aliphatic imine (C=N–C) groups is 1. The minimum atomic E-state index is -0.863. The Balaban J connectivity index is 2.13. The van der Waals surface area contributed by atoms with E-state index in [1.54, 1.807) is 4.90 Å². The van der Waals surface area contributed by atoms with E-state index in [-0.39, 0.29) is 24.9 Å². The van der Waals surface area contributed by atoms with Crippen molar-refractivity contribution < 1.29 is 14.7 Å². The van der Waals surface area contributed by atoms with Crippen LogP contribution in [0.15, 0.2) is 29.3 Å². The second-order valence-electron chi connectivity index (χ2n) is 14.6. The lowest BCUT2D eigenvalue weighted by Crippen LogP contribution is -2.42. The third-order valence-electron chi connectivity index (χ3n) is 9.89. The molecule has 1 heterocycles. The van der Waals surface area contributed by atoms with Gasteiger partial charge in [-0.3, -0.25) is 14.6 Å². The lowest BCUT2D eigenvalue weighted by atomic mass is 10.1. The van der Waals surface area contributed by atoms with E-state index in [9.17, 15) is 14.7 Å². The molecule has 284 valence electrons. The number of carbonyl (C=O) groups is 2. The number of allylic oxidation sites excluding steroid dienone is 4. The van der Waals surface area contributed by atoms with Crippen molar-refractivity contribution in [3.05, 3.63) is 24.3 Å². The molecule has 0 bridgehead atoms. The molecule has 0 fully saturated rings. The smallest absolute Gasteiger partial charge is 0.305 e. The average Bonchev–Trinajstić information content (AvgIpc) is 3.57. The number of amides is 1. The van der Waals surface area contributed by atoms with E-state index in [1.807, 2.05) is 0 Å². The van der Waals surface area contributed by atoms with Crippen LogP contribution in [0, 0.1) is 0 Å². The van der Waals surface area contributed by atoms with E-state index in [4.69, 9.17) is 4.99 Å². The number of nitrogens with one attached hydrogen (secondary N) is 1. The number of amidine groups is 1. The third kappa shape index (κ3) is 28.3. The predicted molar refractivity (Wildman–Crippen MR) is 212 cm³/mol. The van der Waals surface area contributed by atoms with Crippen LogP contribution in [-0.2, 0) is 9.59 Å². The van der Waals surface area contributed by atoms with Gasteiger partial charge in [-0.05, 0) is 64.2 Å². The maximum absolute atomic E-state index is 13.2. The first-order valence-electron chi connectivity index (χ1n) is 21.2. The van der Waals surface area contributed by atoms with Crippen molar-refractivity contribution >= 4 is 17.7 Å². The molecule has 0 aromatic heterocycles. The first-order chi connectivity index (χ1) is 24.1. The molecule has 1 atom stereocenters. The zero-order chi connectivity index (χ0) is 35.5. The summed E-state index contributed by atoms with van der Waals surface area (Å²) in [5.41, 5.74) is 0. The van der Waals surface area contributed by atoms with Gasteiger partial charge in [-0.2, -0.15) is 0 Å². The lowest BCUT2D eigenvalue weighted by Gasteiger charge is -2.22. The molecule has 0 saturated heterocycles.